The molecular weight excluding hydrogens is 314 g/mol. The van der Waals surface area contributed by atoms with Gasteiger partial charge in [0.25, 0.3) is 5.91 Å². The summed E-state index contributed by atoms with van der Waals surface area (Å²) in [6.07, 6.45) is 4.78. The number of hydrogen-bond donors (Lipinski definition) is 2. The monoisotopic (exact) mass is 335 g/mol. The highest BCUT2D eigenvalue weighted by atomic mass is 32.1. The summed E-state index contributed by atoms with van der Waals surface area (Å²) in [5.74, 6) is 0.362. The van der Waals surface area contributed by atoms with Gasteiger partial charge in [-0.2, -0.15) is 0 Å². The van der Waals surface area contributed by atoms with Gasteiger partial charge in [-0.25, -0.2) is 0 Å². The largest absolute Gasteiger partial charge is 0.350 e. The molecule has 0 saturated carbocycles. The Labute approximate surface area is 138 Å². The van der Waals surface area contributed by atoms with Gasteiger partial charge < -0.3 is 10.6 Å². The molecule has 2 aromatic rings. The van der Waals surface area contributed by atoms with Gasteiger partial charge in [0, 0.05) is 19.5 Å². The van der Waals surface area contributed by atoms with Crippen LogP contribution in [0.25, 0.3) is 0 Å². The van der Waals surface area contributed by atoms with E-state index in [9.17, 15) is 4.79 Å². The van der Waals surface area contributed by atoms with Gasteiger partial charge >= 0.3 is 0 Å². The number of piperidine rings is 1. The Morgan fingerprint density at radius 3 is 3.13 bits per heavy atom. The van der Waals surface area contributed by atoms with E-state index in [0.29, 0.717) is 24.6 Å². The van der Waals surface area contributed by atoms with Crippen molar-refractivity contribution in [1.82, 2.24) is 35.8 Å². The fourth-order valence-corrected chi connectivity index (χ4v) is 3.36. The van der Waals surface area contributed by atoms with Crippen LogP contribution in [0, 0.1) is 12.8 Å². The molecule has 2 N–H and O–H groups in total. The number of carbonyl (C=O) groups is 1. The van der Waals surface area contributed by atoms with Gasteiger partial charge in [-0.05, 0) is 38.8 Å². The third-order valence-electron chi connectivity index (χ3n) is 3.81. The van der Waals surface area contributed by atoms with Gasteiger partial charge in [0.15, 0.2) is 5.69 Å². The lowest BCUT2D eigenvalue weighted by Crippen LogP contribution is -2.32. The zero-order valence-corrected chi connectivity index (χ0v) is 14.0. The highest BCUT2D eigenvalue weighted by Gasteiger charge is 2.16. The maximum Gasteiger partial charge on any atom is 0.273 e. The Morgan fingerprint density at radius 1 is 1.48 bits per heavy atom. The molecule has 1 aliphatic rings. The molecular formula is C14H21N7OS. The SMILES string of the molecule is Cc1nnc(CCNC(=O)c2cn(C[C@@H]3CCCNC3)nn2)s1. The molecule has 2 aromatic heterocycles. The number of rotatable bonds is 6. The molecule has 3 heterocycles. The van der Waals surface area contributed by atoms with E-state index in [2.05, 4.69) is 31.1 Å². The Morgan fingerprint density at radius 2 is 2.39 bits per heavy atom. The Balaban J connectivity index is 1.45. The van der Waals surface area contributed by atoms with E-state index in [0.717, 1.165) is 29.6 Å². The number of amides is 1. The lowest BCUT2D eigenvalue weighted by molar-refractivity contribution is 0.0949. The van der Waals surface area contributed by atoms with E-state index in [4.69, 9.17) is 0 Å². The molecule has 1 aliphatic heterocycles. The fraction of sp³-hybridized carbons (Fsp3) is 0.643. The van der Waals surface area contributed by atoms with Crippen LogP contribution in [0.4, 0.5) is 0 Å². The lowest BCUT2D eigenvalue weighted by atomic mass is 10.00. The van der Waals surface area contributed by atoms with E-state index >= 15 is 0 Å². The number of aromatic nitrogens is 5. The second-order valence-corrected chi connectivity index (χ2v) is 7.03. The first kappa shape index (κ1) is 16.0. The number of nitrogens with zero attached hydrogens (tertiary/aromatic N) is 5. The van der Waals surface area contributed by atoms with Crippen LogP contribution in [0.1, 0.15) is 33.3 Å². The quantitative estimate of drug-likeness (QED) is 0.793. The number of carbonyl (C=O) groups excluding carboxylic acids is 1. The highest BCUT2D eigenvalue weighted by molar-refractivity contribution is 7.11. The van der Waals surface area contributed by atoms with Crippen molar-refractivity contribution in [2.24, 2.45) is 5.92 Å². The van der Waals surface area contributed by atoms with E-state index in [1.165, 1.54) is 12.8 Å². The summed E-state index contributed by atoms with van der Waals surface area (Å²) in [5.41, 5.74) is 0.363. The molecule has 1 fully saturated rings. The van der Waals surface area contributed by atoms with E-state index < -0.39 is 0 Å². The van der Waals surface area contributed by atoms with Gasteiger partial charge in [0.1, 0.15) is 10.0 Å². The van der Waals surface area contributed by atoms with Gasteiger partial charge in [-0.1, -0.05) is 5.21 Å². The van der Waals surface area contributed by atoms with Crippen LogP contribution >= 0.6 is 11.3 Å². The van der Waals surface area contributed by atoms with Crippen LogP contribution in [-0.2, 0) is 13.0 Å². The molecule has 0 aliphatic carbocycles. The van der Waals surface area contributed by atoms with Gasteiger partial charge in [-0.3, -0.25) is 9.48 Å². The number of nitrogens with one attached hydrogen (secondary N) is 2. The first-order valence-electron chi connectivity index (χ1n) is 7.89. The van der Waals surface area contributed by atoms with Crippen molar-refractivity contribution in [2.45, 2.75) is 32.7 Å². The lowest BCUT2D eigenvalue weighted by Gasteiger charge is -2.22. The molecule has 23 heavy (non-hydrogen) atoms. The van der Waals surface area contributed by atoms with Crippen LogP contribution in [0.3, 0.4) is 0 Å². The third-order valence-corrected chi connectivity index (χ3v) is 4.71. The van der Waals surface area contributed by atoms with Gasteiger partial charge in [0.05, 0.1) is 6.20 Å². The molecule has 1 saturated heterocycles. The third kappa shape index (κ3) is 4.55. The van der Waals surface area contributed by atoms with Crippen molar-refractivity contribution in [1.29, 1.82) is 0 Å². The zero-order chi connectivity index (χ0) is 16.1. The van der Waals surface area contributed by atoms with Crippen LogP contribution in [0.15, 0.2) is 6.20 Å². The minimum Gasteiger partial charge on any atom is -0.350 e. The molecule has 3 rings (SSSR count). The normalized spacial score (nSPS) is 18.0. The van der Waals surface area contributed by atoms with Crippen molar-refractivity contribution >= 4 is 17.2 Å². The summed E-state index contributed by atoms with van der Waals surface area (Å²) in [6.45, 7) is 5.34. The fourth-order valence-electron chi connectivity index (χ4n) is 2.65. The summed E-state index contributed by atoms with van der Waals surface area (Å²) in [7, 11) is 0. The van der Waals surface area contributed by atoms with E-state index in [1.54, 1.807) is 22.2 Å². The number of hydrogen-bond acceptors (Lipinski definition) is 7. The average molecular weight is 335 g/mol. The second kappa shape index (κ2) is 7.60. The Hall–Kier alpha value is -1.87. The molecule has 0 bridgehead atoms. The molecule has 9 heteroatoms. The van der Waals surface area contributed by atoms with Crippen molar-refractivity contribution in [3.63, 3.8) is 0 Å². The van der Waals surface area contributed by atoms with Crippen LogP contribution < -0.4 is 10.6 Å². The first-order valence-corrected chi connectivity index (χ1v) is 8.70. The minimum atomic E-state index is -0.195. The van der Waals surface area contributed by atoms with Crippen molar-refractivity contribution in [3.8, 4) is 0 Å². The molecule has 0 aromatic carbocycles. The van der Waals surface area contributed by atoms with Crippen LogP contribution in [0.2, 0.25) is 0 Å². The molecule has 8 nitrogen and oxygen atoms in total. The van der Waals surface area contributed by atoms with Crippen LogP contribution in [-0.4, -0.2) is 50.7 Å². The smallest absolute Gasteiger partial charge is 0.273 e. The molecule has 1 atom stereocenters. The standard InChI is InChI=1S/C14H21N7OS/c1-10-17-19-13(23-10)4-6-16-14(22)12-9-21(20-18-12)8-11-3-2-5-15-7-11/h9,11,15H,2-8H2,1H3,(H,16,22)/t11-/m1/s1. The minimum absolute atomic E-state index is 0.195. The van der Waals surface area contributed by atoms with Crippen LogP contribution in [0.5, 0.6) is 0 Å². The van der Waals surface area contributed by atoms with Gasteiger partial charge in [-0.15, -0.1) is 26.6 Å². The summed E-state index contributed by atoms with van der Waals surface area (Å²) in [5, 5.41) is 24.1. The maximum absolute atomic E-state index is 12.1. The van der Waals surface area contributed by atoms with Crippen molar-refractivity contribution < 1.29 is 4.79 Å². The van der Waals surface area contributed by atoms with E-state index in [1.807, 2.05) is 6.92 Å². The molecule has 0 radical (unpaired) electrons. The molecule has 124 valence electrons. The van der Waals surface area contributed by atoms with E-state index in [-0.39, 0.29) is 5.91 Å². The Bertz CT molecular complexity index is 647. The summed E-state index contributed by atoms with van der Waals surface area (Å²) < 4.78 is 1.76. The van der Waals surface area contributed by atoms with Crippen molar-refractivity contribution in [3.05, 3.63) is 21.9 Å². The average Bonchev–Trinajstić information content (AvgIpc) is 3.18. The summed E-state index contributed by atoms with van der Waals surface area (Å²) in [6, 6.07) is 0. The molecule has 0 unspecified atom stereocenters. The highest BCUT2D eigenvalue weighted by Crippen LogP contribution is 2.12. The summed E-state index contributed by atoms with van der Waals surface area (Å²) >= 11 is 1.55. The topological polar surface area (TPSA) is 97.6 Å². The van der Waals surface area contributed by atoms with Gasteiger partial charge in [0.2, 0.25) is 0 Å². The zero-order valence-electron chi connectivity index (χ0n) is 13.2. The predicted octanol–water partition coefficient (Wildman–Crippen LogP) is 0.410. The predicted molar refractivity (Wildman–Crippen MR) is 86.3 cm³/mol. The molecule has 1 amide bonds. The first-order chi connectivity index (χ1) is 11.2. The second-order valence-electron chi connectivity index (χ2n) is 5.76. The Kier molecular flexibility index (Phi) is 5.29. The number of aryl methyl sites for hydroxylation is 1. The molecule has 0 spiro atoms. The van der Waals surface area contributed by atoms with Crippen molar-refractivity contribution in [2.75, 3.05) is 19.6 Å². The summed E-state index contributed by atoms with van der Waals surface area (Å²) in [4.78, 5) is 12.1. The maximum atomic E-state index is 12.1.